The van der Waals surface area contributed by atoms with Gasteiger partial charge in [-0.25, -0.2) is 19.5 Å². The van der Waals surface area contributed by atoms with Crippen molar-refractivity contribution in [2.45, 2.75) is 57.3 Å². The molecule has 35 heavy (non-hydrogen) atoms. The fourth-order valence-corrected chi connectivity index (χ4v) is 4.37. The largest absolute Gasteiger partial charge is 0.524 e. The third-order valence-corrected chi connectivity index (χ3v) is 6.12. The van der Waals surface area contributed by atoms with E-state index in [1.807, 2.05) is 26.8 Å². The van der Waals surface area contributed by atoms with Gasteiger partial charge in [0.1, 0.15) is 30.4 Å². The van der Waals surface area contributed by atoms with Gasteiger partial charge in [-0.05, 0) is 17.0 Å². The van der Waals surface area contributed by atoms with Gasteiger partial charge < -0.3 is 29.9 Å². The van der Waals surface area contributed by atoms with Crippen LogP contribution in [0, 0.1) is 0 Å². The van der Waals surface area contributed by atoms with Gasteiger partial charge in [-0.2, -0.15) is 0 Å². The Labute approximate surface area is 200 Å². The first-order valence-corrected chi connectivity index (χ1v) is 12.3. The number of hydrogen-bond donors (Lipinski definition) is 6. The molecular formula is C21H28N5O8P. The van der Waals surface area contributed by atoms with Crippen molar-refractivity contribution in [3.63, 3.8) is 0 Å². The SMILES string of the molecule is CC(C)(C)c1ccc(CNc2ncnc3c2ncn3[C@@H]2O[C@H](CO)[C@@H](O)[C@H]2O)cc1OP(=O)(O)O. The summed E-state index contributed by atoms with van der Waals surface area (Å²) in [7, 11) is -4.76. The number of phosphoric acid groups is 1. The van der Waals surface area contributed by atoms with Crippen molar-refractivity contribution in [1.29, 1.82) is 0 Å². The summed E-state index contributed by atoms with van der Waals surface area (Å²) in [6.07, 6.45) is -1.78. The van der Waals surface area contributed by atoms with E-state index in [9.17, 15) is 29.7 Å². The summed E-state index contributed by atoms with van der Waals surface area (Å²) >= 11 is 0. The van der Waals surface area contributed by atoms with Crippen molar-refractivity contribution in [1.82, 2.24) is 19.5 Å². The molecule has 0 aliphatic carbocycles. The zero-order valence-electron chi connectivity index (χ0n) is 19.3. The molecule has 1 aliphatic heterocycles. The van der Waals surface area contributed by atoms with E-state index >= 15 is 0 Å². The van der Waals surface area contributed by atoms with Crippen LogP contribution in [0.5, 0.6) is 5.75 Å². The van der Waals surface area contributed by atoms with E-state index in [0.717, 1.165) is 0 Å². The minimum absolute atomic E-state index is 0.0895. The second-order valence-electron chi connectivity index (χ2n) is 9.29. The summed E-state index contributed by atoms with van der Waals surface area (Å²) in [6, 6.07) is 5.13. The number of aliphatic hydroxyl groups excluding tert-OH is 3. The summed E-state index contributed by atoms with van der Waals surface area (Å²) in [5.41, 5.74) is 1.63. The highest BCUT2D eigenvalue weighted by molar-refractivity contribution is 7.46. The molecule has 1 fully saturated rings. The Bertz CT molecular complexity index is 1260. The van der Waals surface area contributed by atoms with E-state index in [2.05, 4.69) is 20.3 Å². The lowest BCUT2D eigenvalue weighted by atomic mass is 9.86. The molecule has 0 amide bonds. The van der Waals surface area contributed by atoms with Crippen LogP contribution in [0.2, 0.25) is 0 Å². The van der Waals surface area contributed by atoms with Gasteiger partial charge in [0.05, 0.1) is 12.9 Å². The van der Waals surface area contributed by atoms with Crippen molar-refractivity contribution >= 4 is 24.8 Å². The Morgan fingerprint density at radius 3 is 2.54 bits per heavy atom. The van der Waals surface area contributed by atoms with Crippen molar-refractivity contribution in [2.75, 3.05) is 11.9 Å². The lowest BCUT2D eigenvalue weighted by molar-refractivity contribution is -0.0511. The van der Waals surface area contributed by atoms with Crippen molar-refractivity contribution < 1.29 is 38.9 Å². The lowest BCUT2D eigenvalue weighted by Gasteiger charge is -2.23. The number of fused-ring (bicyclic) bond motifs is 1. The predicted octanol–water partition coefficient (Wildman–Crippen LogP) is 0.819. The van der Waals surface area contributed by atoms with Gasteiger partial charge in [0.15, 0.2) is 23.2 Å². The van der Waals surface area contributed by atoms with Gasteiger partial charge >= 0.3 is 7.82 Å². The molecule has 2 aromatic heterocycles. The Morgan fingerprint density at radius 2 is 1.91 bits per heavy atom. The van der Waals surface area contributed by atoms with Crippen LogP contribution < -0.4 is 9.84 Å². The quantitative estimate of drug-likeness (QED) is 0.246. The average molecular weight is 509 g/mol. The molecule has 190 valence electrons. The van der Waals surface area contributed by atoms with Crippen LogP contribution in [-0.2, 0) is 21.3 Å². The molecule has 0 saturated carbocycles. The fourth-order valence-electron chi connectivity index (χ4n) is 3.96. The Morgan fingerprint density at radius 1 is 1.17 bits per heavy atom. The number of imidazole rings is 1. The number of rotatable bonds is 7. The number of anilines is 1. The Kier molecular flexibility index (Phi) is 6.86. The molecule has 3 aromatic rings. The Balaban J connectivity index is 1.59. The zero-order valence-corrected chi connectivity index (χ0v) is 20.2. The number of phosphoric ester groups is 1. The molecule has 14 heteroatoms. The number of nitrogens with zero attached hydrogens (tertiary/aromatic N) is 4. The second kappa shape index (κ2) is 9.43. The number of nitrogens with one attached hydrogen (secondary N) is 1. The van der Waals surface area contributed by atoms with Gasteiger partial charge in [-0.3, -0.25) is 14.4 Å². The molecular weight excluding hydrogens is 481 g/mol. The first kappa shape index (κ1) is 25.5. The van der Waals surface area contributed by atoms with Crippen LogP contribution in [0.4, 0.5) is 5.82 Å². The van der Waals surface area contributed by atoms with Gasteiger partial charge in [0.2, 0.25) is 0 Å². The lowest BCUT2D eigenvalue weighted by Crippen LogP contribution is -2.33. The Hall–Kier alpha value is -2.64. The maximum absolute atomic E-state index is 11.5. The highest BCUT2D eigenvalue weighted by Gasteiger charge is 2.44. The third-order valence-electron chi connectivity index (χ3n) is 5.68. The maximum atomic E-state index is 11.5. The molecule has 0 unspecified atom stereocenters. The first-order chi connectivity index (χ1) is 16.4. The van der Waals surface area contributed by atoms with Gasteiger partial charge in [-0.1, -0.05) is 32.9 Å². The summed E-state index contributed by atoms with van der Waals surface area (Å²) in [5, 5.41) is 32.9. The van der Waals surface area contributed by atoms with Gasteiger partial charge in [0.25, 0.3) is 0 Å². The van der Waals surface area contributed by atoms with E-state index in [4.69, 9.17) is 9.26 Å². The standard InChI is InChI=1S/C21H28N5O8P/c1-21(2,3)12-5-4-11(6-13(12)34-35(30,31)32)7-22-18-15-19(24-9-23-18)26(10-25-15)20-17(29)16(28)14(8-27)33-20/h4-6,9-10,14,16-17,20,27-29H,7-8H2,1-3H3,(H,22,23,24)(H2,30,31,32)/t14-,16-,17-,20-/m1/s1. The predicted molar refractivity (Wildman–Crippen MR) is 123 cm³/mol. The van der Waals surface area contributed by atoms with Crippen molar-refractivity contribution in [2.24, 2.45) is 0 Å². The number of ether oxygens (including phenoxy) is 1. The molecule has 4 atom stereocenters. The molecule has 6 N–H and O–H groups in total. The average Bonchev–Trinajstić information content (AvgIpc) is 3.31. The smallest absolute Gasteiger partial charge is 0.404 e. The van der Waals surface area contributed by atoms with Crippen LogP contribution in [0.1, 0.15) is 38.1 Å². The minimum atomic E-state index is -4.76. The molecule has 1 aliphatic rings. The normalized spacial score (nSPS) is 23.1. The van der Waals surface area contributed by atoms with Crippen LogP contribution in [0.15, 0.2) is 30.9 Å². The van der Waals surface area contributed by atoms with Crippen molar-refractivity contribution in [3.8, 4) is 5.75 Å². The third kappa shape index (κ3) is 5.31. The summed E-state index contributed by atoms with van der Waals surface area (Å²) in [6.45, 7) is 5.51. The number of benzene rings is 1. The van der Waals surface area contributed by atoms with Gasteiger partial charge in [0, 0.05) is 12.1 Å². The van der Waals surface area contributed by atoms with Gasteiger partial charge in [-0.15, -0.1) is 0 Å². The summed E-state index contributed by atoms with van der Waals surface area (Å²) in [5.74, 6) is 0.462. The monoisotopic (exact) mass is 509 g/mol. The molecule has 0 bridgehead atoms. The summed E-state index contributed by atoms with van der Waals surface area (Å²) in [4.78, 5) is 31.4. The van der Waals surface area contributed by atoms with E-state index in [1.54, 1.807) is 12.1 Å². The van der Waals surface area contributed by atoms with Crippen molar-refractivity contribution in [3.05, 3.63) is 42.0 Å². The van der Waals surface area contributed by atoms with E-state index in [1.165, 1.54) is 17.2 Å². The fraction of sp³-hybridized carbons (Fsp3) is 0.476. The molecule has 13 nitrogen and oxygen atoms in total. The second-order valence-corrected chi connectivity index (χ2v) is 10.5. The highest BCUT2D eigenvalue weighted by atomic mass is 31.2. The maximum Gasteiger partial charge on any atom is 0.524 e. The molecule has 4 rings (SSSR count). The molecule has 1 aromatic carbocycles. The summed E-state index contributed by atoms with van der Waals surface area (Å²) < 4.78 is 23.4. The number of aliphatic hydroxyl groups is 3. The zero-order chi connectivity index (χ0) is 25.5. The van der Waals surface area contributed by atoms with Crippen LogP contribution in [-0.4, -0.2) is 69.5 Å². The topological polar surface area (TPSA) is 192 Å². The first-order valence-electron chi connectivity index (χ1n) is 10.8. The number of aromatic nitrogens is 4. The van der Waals surface area contributed by atoms with E-state index < -0.39 is 44.4 Å². The molecule has 1 saturated heterocycles. The minimum Gasteiger partial charge on any atom is -0.404 e. The van der Waals surface area contributed by atoms with E-state index in [0.29, 0.717) is 28.1 Å². The molecule has 0 spiro atoms. The van der Waals surface area contributed by atoms with Crippen LogP contribution in [0.3, 0.4) is 0 Å². The van der Waals surface area contributed by atoms with E-state index in [-0.39, 0.29) is 12.3 Å². The number of hydrogen-bond acceptors (Lipinski definition) is 10. The van der Waals surface area contributed by atoms with Crippen LogP contribution >= 0.6 is 7.82 Å². The molecule has 0 radical (unpaired) electrons. The molecule has 3 heterocycles. The van der Waals surface area contributed by atoms with Crippen LogP contribution in [0.25, 0.3) is 11.2 Å². The highest BCUT2D eigenvalue weighted by Crippen LogP contribution is 2.42.